The molecule has 1 rings (SSSR count). The molecule has 0 amide bonds. The molecule has 0 aromatic heterocycles. The SMILES string of the molecule is O=[N+]([O-])[Si](F)(F)Cc1ccccc1. The summed E-state index contributed by atoms with van der Waals surface area (Å²) in [5, 5.41) is 9.94. The number of halogens is 2. The summed E-state index contributed by atoms with van der Waals surface area (Å²) in [4.78, 5) is 9.94. The van der Waals surface area contributed by atoms with Gasteiger partial charge in [-0.05, 0) is 5.56 Å². The van der Waals surface area contributed by atoms with E-state index >= 15 is 0 Å². The normalized spacial score (nSPS) is 11.2. The molecule has 13 heavy (non-hydrogen) atoms. The third kappa shape index (κ3) is 2.58. The molecule has 0 fully saturated rings. The Kier molecular flexibility index (Phi) is 2.71. The van der Waals surface area contributed by atoms with Gasteiger partial charge in [-0.2, -0.15) is 0 Å². The second kappa shape index (κ2) is 3.61. The number of hydrogen-bond donors (Lipinski definition) is 0. The van der Waals surface area contributed by atoms with Crippen molar-refractivity contribution in [2.24, 2.45) is 0 Å². The molecule has 0 unspecified atom stereocenters. The first kappa shape index (κ1) is 9.78. The minimum absolute atomic E-state index is 0.316. The van der Waals surface area contributed by atoms with E-state index in [2.05, 4.69) is 0 Å². The monoisotopic (exact) mass is 203 g/mol. The summed E-state index contributed by atoms with van der Waals surface area (Å²) < 4.78 is 23.9. The summed E-state index contributed by atoms with van der Waals surface area (Å²) in [5.74, 6) is 0. The average Bonchev–Trinajstić information content (AvgIpc) is 2.05. The second-order valence-electron chi connectivity index (χ2n) is 2.59. The van der Waals surface area contributed by atoms with Crippen LogP contribution in [0.3, 0.4) is 0 Å². The highest BCUT2D eigenvalue weighted by Gasteiger charge is 2.56. The van der Waals surface area contributed by atoms with E-state index in [9.17, 15) is 18.3 Å². The molecule has 0 bridgehead atoms. The van der Waals surface area contributed by atoms with Crippen molar-refractivity contribution < 1.29 is 12.8 Å². The Labute approximate surface area is 74.6 Å². The van der Waals surface area contributed by atoms with Crippen LogP contribution in [0.25, 0.3) is 0 Å². The van der Waals surface area contributed by atoms with Gasteiger partial charge < -0.3 is 0 Å². The van der Waals surface area contributed by atoms with Crippen molar-refractivity contribution in [1.29, 1.82) is 0 Å². The minimum Gasteiger partial charge on any atom is -0.284 e. The van der Waals surface area contributed by atoms with Gasteiger partial charge >= 0.3 is 8.90 Å². The van der Waals surface area contributed by atoms with Crippen LogP contribution in [0.4, 0.5) is 8.22 Å². The van der Waals surface area contributed by atoms with Crippen molar-refractivity contribution in [3.8, 4) is 0 Å². The van der Waals surface area contributed by atoms with Gasteiger partial charge in [0.2, 0.25) is 0 Å². The van der Waals surface area contributed by atoms with Crippen LogP contribution < -0.4 is 0 Å². The Balaban J connectivity index is 2.75. The lowest BCUT2D eigenvalue weighted by Crippen LogP contribution is -2.37. The Hall–Kier alpha value is -1.30. The van der Waals surface area contributed by atoms with E-state index in [0.717, 1.165) is 0 Å². The molecular weight excluding hydrogens is 196 g/mol. The molecule has 0 radical (unpaired) electrons. The maximum atomic E-state index is 12.7. The molecule has 1 aromatic carbocycles. The van der Waals surface area contributed by atoms with Gasteiger partial charge in [-0.1, -0.05) is 30.3 Å². The molecule has 0 saturated carbocycles. The average molecular weight is 203 g/mol. The molecule has 70 valence electrons. The van der Waals surface area contributed by atoms with Crippen LogP contribution in [0.1, 0.15) is 5.56 Å². The molecule has 6 heteroatoms. The smallest absolute Gasteiger partial charge is 0.284 e. The zero-order valence-corrected chi connectivity index (χ0v) is 7.61. The lowest BCUT2D eigenvalue weighted by molar-refractivity contribution is -0.369. The van der Waals surface area contributed by atoms with Crippen LogP contribution in [-0.4, -0.2) is 13.5 Å². The van der Waals surface area contributed by atoms with Crippen molar-refractivity contribution in [3.05, 3.63) is 46.0 Å². The van der Waals surface area contributed by atoms with Gasteiger partial charge in [0.15, 0.2) is 0 Å². The molecule has 3 nitrogen and oxygen atoms in total. The van der Waals surface area contributed by atoms with E-state index in [1.54, 1.807) is 18.2 Å². The Morgan fingerprint density at radius 3 is 2.31 bits per heavy atom. The summed E-state index contributed by atoms with van der Waals surface area (Å²) in [7, 11) is -5.30. The van der Waals surface area contributed by atoms with Gasteiger partial charge in [0.25, 0.3) is 0 Å². The number of nitrogens with zero attached hydrogens (tertiary/aromatic N) is 1. The predicted octanol–water partition coefficient (Wildman–Crippen LogP) is 1.92. The third-order valence-corrected chi connectivity index (χ3v) is 2.89. The van der Waals surface area contributed by atoms with Crippen molar-refractivity contribution in [2.45, 2.75) is 6.04 Å². The molecule has 0 aliphatic carbocycles. The summed E-state index contributed by atoms with van der Waals surface area (Å²) in [6, 6.07) is 7.05. The number of benzene rings is 1. The van der Waals surface area contributed by atoms with Crippen LogP contribution in [-0.2, 0) is 6.04 Å². The van der Waals surface area contributed by atoms with Crippen molar-refractivity contribution in [1.82, 2.24) is 0 Å². The maximum Gasteiger partial charge on any atom is 0.822 e. The van der Waals surface area contributed by atoms with E-state index in [1.807, 2.05) is 0 Å². The van der Waals surface area contributed by atoms with Gasteiger partial charge in [-0.3, -0.25) is 10.1 Å². The van der Waals surface area contributed by atoms with Crippen LogP contribution in [0.15, 0.2) is 30.3 Å². The second-order valence-corrected chi connectivity index (χ2v) is 4.64. The third-order valence-electron chi connectivity index (χ3n) is 1.53. The lowest BCUT2D eigenvalue weighted by Gasteiger charge is -2.01. The van der Waals surface area contributed by atoms with Crippen LogP contribution in [0.2, 0.25) is 0 Å². The zero-order chi connectivity index (χ0) is 9.90. The molecule has 0 aliphatic rings. The van der Waals surface area contributed by atoms with Gasteiger partial charge in [0.1, 0.15) is 0 Å². The first-order valence-corrected chi connectivity index (χ1v) is 5.49. The first-order valence-electron chi connectivity index (χ1n) is 3.58. The standard InChI is InChI=1S/C7H7F2NO2Si/c8-13(9,10(11)12)6-7-4-2-1-3-5-7/h1-5H,6H2. The van der Waals surface area contributed by atoms with E-state index in [-0.39, 0.29) is 0 Å². The van der Waals surface area contributed by atoms with E-state index in [1.165, 1.54) is 12.1 Å². The summed E-state index contributed by atoms with van der Waals surface area (Å²) >= 11 is 0. The molecule has 0 saturated heterocycles. The van der Waals surface area contributed by atoms with Crippen molar-refractivity contribution in [2.75, 3.05) is 0 Å². The predicted molar refractivity (Wildman–Crippen MR) is 45.1 cm³/mol. The topological polar surface area (TPSA) is 43.1 Å². The summed E-state index contributed by atoms with van der Waals surface area (Å²) in [5.41, 5.74) is 0.316. The Bertz CT molecular complexity index is 305. The van der Waals surface area contributed by atoms with Gasteiger partial charge in [0.05, 0.1) is 6.04 Å². The van der Waals surface area contributed by atoms with Gasteiger partial charge in [0, 0.05) is 4.59 Å². The summed E-state index contributed by atoms with van der Waals surface area (Å²) in [6.45, 7) is 0. The lowest BCUT2D eigenvalue weighted by atomic mass is 10.2. The molecule has 1 aromatic rings. The van der Waals surface area contributed by atoms with Crippen molar-refractivity contribution >= 4 is 8.90 Å². The quantitative estimate of drug-likeness (QED) is 0.326. The Morgan fingerprint density at radius 1 is 1.31 bits per heavy atom. The van der Waals surface area contributed by atoms with Crippen LogP contribution in [0, 0.1) is 10.1 Å². The Morgan fingerprint density at radius 2 is 1.85 bits per heavy atom. The number of nitro groups is 1. The molecule has 0 spiro atoms. The molecule has 0 N–H and O–H groups in total. The highest BCUT2D eigenvalue weighted by Crippen LogP contribution is 2.14. The van der Waals surface area contributed by atoms with E-state index in [0.29, 0.717) is 5.56 Å². The zero-order valence-electron chi connectivity index (χ0n) is 6.61. The molecular formula is C7H7F2NO2Si. The minimum atomic E-state index is -5.30. The molecule has 0 atom stereocenters. The molecule has 0 aliphatic heterocycles. The largest absolute Gasteiger partial charge is 0.822 e. The molecule has 0 heterocycles. The fraction of sp³-hybridized carbons (Fsp3) is 0.143. The van der Waals surface area contributed by atoms with Crippen molar-refractivity contribution in [3.63, 3.8) is 0 Å². The fourth-order valence-corrected chi connectivity index (χ4v) is 1.76. The first-order chi connectivity index (χ1) is 6.02. The van der Waals surface area contributed by atoms with E-state index in [4.69, 9.17) is 0 Å². The van der Waals surface area contributed by atoms with E-state index < -0.39 is 19.5 Å². The van der Waals surface area contributed by atoms with Crippen LogP contribution in [0.5, 0.6) is 0 Å². The van der Waals surface area contributed by atoms with Gasteiger partial charge in [-0.25, -0.2) is 8.22 Å². The number of hydrogen-bond acceptors (Lipinski definition) is 2. The maximum absolute atomic E-state index is 12.7. The highest BCUT2D eigenvalue weighted by atomic mass is 28.4. The highest BCUT2D eigenvalue weighted by molar-refractivity contribution is 6.56. The van der Waals surface area contributed by atoms with Crippen LogP contribution >= 0.6 is 0 Å². The van der Waals surface area contributed by atoms with Gasteiger partial charge in [-0.15, -0.1) is 0 Å². The summed E-state index contributed by atoms with van der Waals surface area (Å²) in [6.07, 6.45) is 0. The number of rotatable bonds is 3. The fourth-order valence-electron chi connectivity index (χ4n) is 0.906.